The Kier molecular flexibility index (Phi) is 2.70. The SMILES string of the molecule is Nc1c(CCc2ccccc2)nc(C2CC2)n1N. The predicted octanol–water partition coefficient (Wildman–Crippen LogP) is 1.84. The van der Waals surface area contributed by atoms with Gasteiger partial charge >= 0.3 is 0 Å². The van der Waals surface area contributed by atoms with Crippen molar-refractivity contribution in [2.75, 3.05) is 11.6 Å². The fourth-order valence-electron chi connectivity index (χ4n) is 2.23. The number of nitrogens with zero attached hydrogens (tertiary/aromatic N) is 2. The van der Waals surface area contributed by atoms with Crippen molar-refractivity contribution in [3.05, 3.63) is 47.4 Å². The van der Waals surface area contributed by atoms with Gasteiger partial charge in [0.2, 0.25) is 0 Å². The van der Waals surface area contributed by atoms with Crippen LogP contribution < -0.4 is 11.6 Å². The molecule has 4 heteroatoms. The Bertz CT molecular complexity index is 540. The predicted molar refractivity (Wildman–Crippen MR) is 72.6 cm³/mol. The second kappa shape index (κ2) is 4.37. The number of anilines is 1. The quantitative estimate of drug-likeness (QED) is 0.804. The van der Waals surface area contributed by atoms with E-state index in [0.29, 0.717) is 11.7 Å². The minimum atomic E-state index is 0.530. The highest BCUT2D eigenvalue weighted by molar-refractivity contribution is 5.40. The number of benzene rings is 1. The van der Waals surface area contributed by atoms with Gasteiger partial charge < -0.3 is 11.6 Å². The lowest BCUT2D eigenvalue weighted by Crippen LogP contribution is -2.15. The molecule has 0 radical (unpaired) electrons. The Morgan fingerprint density at radius 3 is 2.56 bits per heavy atom. The standard InChI is InChI=1S/C14H18N4/c15-13-12(9-6-10-4-2-1-3-5-10)17-14(18(13)16)11-7-8-11/h1-5,11H,6-9,15-16H2. The highest BCUT2D eigenvalue weighted by Gasteiger charge is 2.30. The lowest BCUT2D eigenvalue weighted by atomic mass is 10.1. The van der Waals surface area contributed by atoms with Crippen LogP contribution in [0.1, 0.15) is 35.8 Å². The number of hydrogen-bond acceptors (Lipinski definition) is 3. The lowest BCUT2D eigenvalue weighted by molar-refractivity contribution is 0.848. The van der Waals surface area contributed by atoms with Crippen molar-refractivity contribution in [2.24, 2.45) is 0 Å². The fraction of sp³-hybridized carbons (Fsp3) is 0.357. The maximum Gasteiger partial charge on any atom is 0.146 e. The topological polar surface area (TPSA) is 69.9 Å². The van der Waals surface area contributed by atoms with Gasteiger partial charge in [-0.25, -0.2) is 9.66 Å². The molecule has 0 unspecified atom stereocenters. The molecule has 3 rings (SSSR count). The number of rotatable bonds is 4. The van der Waals surface area contributed by atoms with Crippen LogP contribution in [0.5, 0.6) is 0 Å². The number of nitrogens with two attached hydrogens (primary N) is 2. The highest BCUT2D eigenvalue weighted by Crippen LogP contribution is 2.39. The summed E-state index contributed by atoms with van der Waals surface area (Å²) in [6, 6.07) is 10.4. The normalized spacial score (nSPS) is 14.9. The first-order chi connectivity index (χ1) is 8.75. The molecule has 2 aromatic rings. The van der Waals surface area contributed by atoms with Crippen molar-refractivity contribution in [3.8, 4) is 0 Å². The summed E-state index contributed by atoms with van der Waals surface area (Å²) in [4.78, 5) is 4.60. The van der Waals surface area contributed by atoms with Crippen LogP contribution in [0.3, 0.4) is 0 Å². The molecule has 1 fully saturated rings. The van der Waals surface area contributed by atoms with Gasteiger partial charge in [-0.2, -0.15) is 0 Å². The van der Waals surface area contributed by atoms with Crippen LogP contribution >= 0.6 is 0 Å². The first-order valence-electron chi connectivity index (χ1n) is 6.41. The van der Waals surface area contributed by atoms with Crippen LogP contribution in [0, 0.1) is 0 Å². The summed E-state index contributed by atoms with van der Waals surface area (Å²) in [7, 11) is 0. The minimum Gasteiger partial charge on any atom is -0.382 e. The van der Waals surface area contributed by atoms with Crippen LogP contribution in [0.2, 0.25) is 0 Å². The Morgan fingerprint density at radius 2 is 1.89 bits per heavy atom. The number of aryl methyl sites for hydroxylation is 2. The molecule has 1 aromatic heterocycles. The molecule has 1 aliphatic carbocycles. The molecule has 0 aliphatic heterocycles. The molecule has 0 amide bonds. The van der Waals surface area contributed by atoms with Crippen LogP contribution in [0.15, 0.2) is 30.3 Å². The second-order valence-corrected chi connectivity index (χ2v) is 4.93. The van der Waals surface area contributed by atoms with E-state index in [1.54, 1.807) is 4.68 Å². The number of imidazole rings is 1. The Balaban J connectivity index is 1.75. The first-order valence-corrected chi connectivity index (χ1v) is 6.41. The summed E-state index contributed by atoms with van der Waals surface area (Å²) in [6.45, 7) is 0. The Hall–Kier alpha value is -1.97. The van der Waals surface area contributed by atoms with E-state index >= 15 is 0 Å². The van der Waals surface area contributed by atoms with Crippen LogP contribution in [-0.2, 0) is 12.8 Å². The van der Waals surface area contributed by atoms with Gasteiger partial charge in [-0.15, -0.1) is 0 Å². The van der Waals surface area contributed by atoms with Crippen molar-refractivity contribution in [1.82, 2.24) is 9.66 Å². The smallest absolute Gasteiger partial charge is 0.146 e. The van der Waals surface area contributed by atoms with Gasteiger partial charge in [0.15, 0.2) is 0 Å². The molecule has 1 aromatic carbocycles. The molecule has 4 N–H and O–H groups in total. The molecule has 1 saturated carbocycles. The van der Waals surface area contributed by atoms with E-state index in [-0.39, 0.29) is 0 Å². The molecule has 94 valence electrons. The van der Waals surface area contributed by atoms with Crippen LogP contribution in [0.4, 0.5) is 5.82 Å². The number of nitrogen functional groups attached to an aromatic ring is 2. The molecule has 0 atom stereocenters. The van der Waals surface area contributed by atoms with Crippen LogP contribution in [0.25, 0.3) is 0 Å². The van der Waals surface area contributed by atoms with Gasteiger partial charge in [0.05, 0.1) is 5.69 Å². The molecular formula is C14H18N4. The van der Waals surface area contributed by atoms with Crippen molar-refractivity contribution in [3.63, 3.8) is 0 Å². The zero-order chi connectivity index (χ0) is 12.5. The average molecular weight is 242 g/mol. The van der Waals surface area contributed by atoms with E-state index in [1.807, 2.05) is 6.07 Å². The first kappa shape index (κ1) is 11.1. The summed E-state index contributed by atoms with van der Waals surface area (Å²) in [5.41, 5.74) is 8.24. The van der Waals surface area contributed by atoms with E-state index < -0.39 is 0 Å². The Labute approximate surface area is 107 Å². The van der Waals surface area contributed by atoms with Gasteiger partial charge in [0, 0.05) is 5.92 Å². The summed E-state index contributed by atoms with van der Waals surface area (Å²) in [6.07, 6.45) is 4.17. The van der Waals surface area contributed by atoms with E-state index in [9.17, 15) is 0 Å². The Morgan fingerprint density at radius 1 is 1.17 bits per heavy atom. The summed E-state index contributed by atoms with van der Waals surface area (Å²) in [5, 5.41) is 0. The highest BCUT2D eigenvalue weighted by atomic mass is 15.4. The van der Waals surface area contributed by atoms with Gasteiger partial charge in [-0.3, -0.25) is 0 Å². The van der Waals surface area contributed by atoms with Gasteiger partial charge in [-0.05, 0) is 31.2 Å². The van der Waals surface area contributed by atoms with E-state index in [4.69, 9.17) is 11.6 Å². The van der Waals surface area contributed by atoms with E-state index in [0.717, 1.165) is 24.4 Å². The average Bonchev–Trinajstić information content (AvgIpc) is 3.19. The molecule has 0 bridgehead atoms. The maximum absolute atomic E-state index is 6.01. The molecular weight excluding hydrogens is 224 g/mol. The molecule has 1 aliphatic rings. The van der Waals surface area contributed by atoms with Crippen molar-refractivity contribution in [1.29, 1.82) is 0 Å². The third kappa shape index (κ3) is 2.06. The van der Waals surface area contributed by atoms with Crippen molar-refractivity contribution in [2.45, 2.75) is 31.6 Å². The largest absolute Gasteiger partial charge is 0.382 e. The summed E-state index contributed by atoms with van der Waals surface area (Å²) in [5.74, 6) is 8.05. The molecule has 0 spiro atoms. The van der Waals surface area contributed by atoms with Crippen molar-refractivity contribution >= 4 is 5.82 Å². The molecule has 18 heavy (non-hydrogen) atoms. The monoisotopic (exact) mass is 242 g/mol. The van der Waals surface area contributed by atoms with Gasteiger partial charge in [0.25, 0.3) is 0 Å². The molecule has 0 saturated heterocycles. The maximum atomic E-state index is 6.01. The lowest BCUT2D eigenvalue weighted by Gasteiger charge is -2.01. The molecule has 4 nitrogen and oxygen atoms in total. The van der Waals surface area contributed by atoms with Crippen molar-refractivity contribution < 1.29 is 0 Å². The summed E-state index contributed by atoms with van der Waals surface area (Å²) < 4.78 is 1.57. The summed E-state index contributed by atoms with van der Waals surface area (Å²) >= 11 is 0. The van der Waals surface area contributed by atoms with E-state index in [1.165, 1.54) is 18.4 Å². The third-order valence-corrected chi connectivity index (χ3v) is 3.49. The minimum absolute atomic E-state index is 0.530. The zero-order valence-corrected chi connectivity index (χ0v) is 10.3. The van der Waals surface area contributed by atoms with Gasteiger partial charge in [0.1, 0.15) is 11.6 Å². The number of hydrogen-bond donors (Lipinski definition) is 2. The third-order valence-electron chi connectivity index (χ3n) is 3.49. The molecule has 1 heterocycles. The second-order valence-electron chi connectivity index (χ2n) is 4.93. The van der Waals surface area contributed by atoms with E-state index in [2.05, 4.69) is 29.2 Å². The van der Waals surface area contributed by atoms with Crippen LogP contribution in [-0.4, -0.2) is 9.66 Å². The number of aromatic nitrogens is 2. The fourth-order valence-corrected chi connectivity index (χ4v) is 2.23. The van der Waals surface area contributed by atoms with Gasteiger partial charge in [-0.1, -0.05) is 30.3 Å². The zero-order valence-electron chi connectivity index (χ0n) is 10.3.